The van der Waals surface area contributed by atoms with Crippen LogP contribution >= 0.6 is 0 Å². The number of aromatic carboxylic acids is 1. The van der Waals surface area contributed by atoms with E-state index < -0.39 is 96.7 Å². The van der Waals surface area contributed by atoms with Crippen molar-refractivity contribution in [3.63, 3.8) is 0 Å². The lowest BCUT2D eigenvalue weighted by molar-refractivity contribution is 0.0689. The monoisotopic (exact) mass is 563 g/mol. The number of aromatic hydroxyl groups is 1. The molecule has 2 aromatic rings. The van der Waals surface area contributed by atoms with E-state index in [0.717, 1.165) is 19.3 Å². The summed E-state index contributed by atoms with van der Waals surface area (Å²) in [6.45, 7) is 1.98. The predicted octanol–water partition coefficient (Wildman–Crippen LogP) is 6.36. The molecule has 3 N–H and O–H groups in total. The van der Waals surface area contributed by atoms with E-state index in [2.05, 4.69) is 5.32 Å². The summed E-state index contributed by atoms with van der Waals surface area (Å²) in [5.41, 5.74) is -7.08. The predicted molar refractivity (Wildman–Crippen MR) is 134 cm³/mol. The summed E-state index contributed by atoms with van der Waals surface area (Å²) in [4.78, 5) is 36.8. The molecule has 0 saturated heterocycles. The zero-order chi connectivity index (χ0) is 29.3. The summed E-state index contributed by atoms with van der Waals surface area (Å²) in [7, 11) is 0. The number of carboxylic acid groups (broad SMARTS) is 1. The number of unbranched alkanes of at least 4 members (excludes halogenated alkanes) is 4. The molecule has 0 bridgehead atoms. The molecule has 0 spiro atoms. The summed E-state index contributed by atoms with van der Waals surface area (Å²) in [6.07, 6.45) is 3.91. The van der Waals surface area contributed by atoms with Crippen molar-refractivity contribution in [2.75, 3.05) is 6.54 Å². The second-order valence-corrected chi connectivity index (χ2v) is 9.10. The van der Waals surface area contributed by atoms with Crippen LogP contribution in [-0.4, -0.2) is 28.6 Å². The average Bonchev–Trinajstić information content (AvgIpc) is 2.89. The number of amides is 1. The number of carboxylic acids is 1. The first-order valence-corrected chi connectivity index (χ1v) is 12.3. The van der Waals surface area contributed by atoms with Crippen LogP contribution in [0, 0.1) is 29.1 Å². The van der Waals surface area contributed by atoms with Gasteiger partial charge in [0.1, 0.15) is 28.3 Å². The molecular weight excluding hydrogens is 541 g/mol. The maximum atomic E-state index is 16.1. The van der Waals surface area contributed by atoms with E-state index in [-0.39, 0.29) is 6.54 Å². The number of hydrogen-bond donors (Lipinski definition) is 3. The van der Waals surface area contributed by atoms with Crippen LogP contribution in [-0.2, 0) is 0 Å². The zero-order valence-electron chi connectivity index (χ0n) is 21.0. The van der Waals surface area contributed by atoms with Crippen molar-refractivity contribution in [1.82, 2.24) is 5.32 Å². The van der Waals surface area contributed by atoms with Gasteiger partial charge in [0.15, 0.2) is 29.0 Å². The first-order valence-electron chi connectivity index (χ1n) is 12.3. The molecule has 2 aromatic carbocycles. The number of carbonyl (C=O) groups excluding carboxylic acids is 1. The molecule has 210 valence electrons. The maximum Gasteiger partial charge on any atom is 0.339 e. The molecule has 0 aromatic heterocycles. The Balaban J connectivity index is 2.03. The molecule has 1 heterocycles. The highest BCUT2D eigenvalue weighted by atomic mass is 19.2. The van der Waals surface area contributed by atoms with Crippen LogP contribution in [0.3, 0.4) is 0 Å². The lowest BCUT2D eigenvalue weighted by Crippen LogP contribution is -2.28. The molecule has 7 nitrogen and oxygen atoms in total. The van der Waals surface area contributed by atoms with Gasteiger partial charge in [-0.05, 0) is 18.6 Å². The highest BCUT2D eigenvalue weighted by Gasteiger charge is 2.35. The van der Waals surface area contributed by atoms with Crippen LogP contribution < -0.4 is 10.7 Å². The summed E-state index contributed by atoms with van der Waals surface area (Å²) in [5.74, 6) is -13.7. The molecule has 0 fully saturated rings. The smallest absolute Gasteiger partial charge is 0.339 e. The van der Waals surface area contributed by atoms with Gasteiger partial charge in [-0.25, -0.2) is 26.7 Å². The van der Waals surface area contributed by atoms with E-state index in [1.807, 2.05) is 6.92 Å². The minimum atomic E-state index is -2.16. The second-order valence-electron chi connectivity index (χ2n) is 9.10. The molecule has 1 aliphatic heterocycles. The lowest BCUT2D eigenvalue weighted by atomic mass is 9.88. The fourth-order valence-corrected chi connectivity index (χ4v) is 4.48. The van der Waals surface area contributed by atoms with Crippen LogP contribution in [0.25, 0.3) is 33.4 Å². The Morgan fingerprint density at radius 1 is 0.850 bits per heavy atom. The molecule has 12 heteroatoms. The third kappa shape index (κ3) is 5.08. The van der Waals surface area contributed by atoms with Crippen LogP contribution in [0.4, 0.5) is 22.0 Å². The van der Waals surface area contributed by atoms with Crippen molar-refractivity contribution in [3.05, 3.63) is 74.7 Å². The molecule has 4 rings (SSSR count). The van der Waals surface area contributed by atoms with Gasteiger partial charge in [0.05, 0.1) is 0 Å². The SMILES string of the molecule is CCCCCCCNC(=O)c1c(F)c(F)c(C(=O)O)c(-c2c3cc(F)c(=O)cc-3oc3cc(O)c(F)cc23)c1F. The number of nitrogens with one attached hydrogen (secondary N) is 1. The molecule has 2 aliphatic rings. The topological polar surface area (TPSA) is 117 Å². The minimum Gasteiger partial charge on any atom is -0.505 e. The number of halogens is 5. The molecule has 0 unspecified atom stereocenters. The van der Waals surface area contributed by atoms with Gasteiger partial charge in [0, 0.05) is 40.8 Å². The van der Waals surface area contributed by atoms with Crippen molar-refractivity contribution in [1.29, 1.82) is 0 Å². The van der Waals surface area contributed by atoms with Crippen LogP contribution in [0.15, 0.2) is 33.5 Å². The Hall–Kier alpha value is -4.48. The van der Waals surface area contributed by atoms with Gasteiger partial charge in [0.2, 0.25) is 5.43 Å². The standard InChI is InChI=1S/C28H22F5NO6/c1-2-3-4-5-6-7-34-27(37)23-24(31)21(22(28(38)39)25(32)26(23)33)20-12-8-14(29)16(35)10-18(12)40-19-11-17(36)15(30)9-13(19)20/h8-11,35H,2-7H2,1H3,(H,34,37)(H,38,39). The van der Waals surface area contributed by atoms with Gasteiger partial charge in [-0.1, -0.05) is 32.6 Å². The van der Waals surface area contributed by atoms with E-state index in [9.17, 15) is 33.4 Å². The highest BCUT2D eigenvalue weighted by Crippen LogP contribution is 2.45. The quantitative estimate of drug-likeness (QED) is 0.0944. The van der Waals surface area contributed by atoms with Gasteiger partial charge in [-0.2, -0.15) is 0 Å². The van der Waals surface area contributed by atoms with Crippen LogP contribution in [0.2, 0.25) is 0 Å². The fourth-order valence-electron chi connectivity index (χ4n) is 4.48. The van der Waals surface area contributed by atoms with Crippen molar-refractivity contribution in [2.45, 2.75) is 39.0 Å². The second kappa shape index (κ2) is 11.3. The van der Waals surface area contributed by atoms with Gasteiger partial charge >= 0.3 is 5.97 Å². The van der Waals surface area contributed by atoms with Crippen LogP contribution in [0.1, 0.15) is 59.7 Å². The molecule has 1 aliphatic carbocycles. The number of carbonyl (C=O) groups is 2. The summed E-state index contributed by atoms with van der Waals surface area (Å²) in [6, 6.07) is 2.45. The normalized spacial score (nSPS) is 11.3. The molecule has 40 heavy (non-hydrogen) atoms. The fraction of sp³-hybridized carbons (Fsp3) is 0.250. The number of benzene rings is 3. The Labute approximate surface area is 223 Å². The van der Waals surface area contributed by atoms with E-state index in [4.69, 9.17) is 4.42 Å². The molecule has 0 radical (unpaired) electrons. The lowest BCUT2D eigenvalue weighted by Gasteiger charge is -2.20. The van der Waals surface area contributed by atoms with Crippen molar-refractivity contribution in [2.24, 2.45) is 0 Å². The summed E-state index contributed by atoms with van der Waals surface area (Å²) >= 11 is 0. The molecular formula is C28H22F5NO6. The number of phenols is 1. The van der Waals surface area contributed by atoms with E-state index in [1.165, 1.54) is 0 Å². The van der Waals surface area contributed by atoms with Crippen molar-refractivity contribution in [3.8, 4) is 28.2 Å². The first-order chi connectivity index (χ1) is 19.0. The van der Waals surface area contributed by atoms with Gasteiger partial charge in [-0.15, -0.1) is 0 Å². The Morgan fingerprint density at radius 3 is 2.20 bits per heavy atom. The summed E-state index contributed by atoms with van der Waals surface area (Å²) < 4.78 is 80.6. The number of rotatable bonds is 9. The Morgan fingerprint density at radius 2 is 1.52 bits per heavy atom. The molecule has 0 saturated carbocycles. The maximum absolute atomic E-state index is 16.1. The number of phenolic OH excluding ortho intramolecular Hbond substituents is 1. The molecule has 0 atom stereocenters. The van der Waals surface area contributed by atoms with Gasteiger partial charge in [0.25, 0.3) is 5.91 Å². The zero-order valence-corrected chi connectivity index (χ0v) is 21.0. The van der Waals surface area contributed by atoms with E-state index in [1.54, 1.807) is 0 Å². The minimum absolute atomic E-state index is 0.0167. The largest absolute Gasteiger partial charge is 0.505 e. The Bertz CT molecular complexity index is 1680. The highest BCUT2D eigenvalue weighted by molar-refractivity contribution is 6.09. The third-order valence-corrected chi connectivity index (χ3v) is 6.42. The number of hydrogen-bond acceptors (Lipinski definition) is 5. The van der Waals surface area contributed by atoms with E-state index >= 15 is 13.2 Å². The summed E-state index contributed by atoms with van der Waals surface area (Å²) in [5, 5.41) is 21.3. The first kappa shape index (κ1) is 28.5. The van der Waals surface area contributed by atoms with Gasteiger partial charge in [-0.3, -0.25) is 9.59 Å². The van der Waals surface area contributed by atoms with Crippen LogP contribution in [0.5, 0.6) is 5.75 Å². The van der Waals surface area contributed by atoms with E-state index in [0.29, 0.717) is 37.1 Å². The number of fused-ring (bicyclic) bond motifs is 2. The third-order valence-electron chi connectivity index (χ3n) is 6.42. The van der Waals surface area contributed by atoms with Crippen molar-refractivity contribution >= 4 is 22.8 Å². The average molecular weight is 563 g/mol. The van der Waals surface area contributed by atoms with Gasteiger partial charge < -0.3 is 19.9 Å². The molecule has 1 amide bonds. The van der Waals surface area contributed by atoms with Crippen molar-refractivity contribution < 1.29 is 46.2 Å². The Kier molecular flexibility index (Phi) is 8.08.